The molecule has 0 saturated carbocycles. The summed E-state index contributed by atoms with van der Waals surface area (Å²) in [4.78, 5) is 0. The van der Waals surface area contributed by atoms with Gasteiger partial charge in [-0.1, -0.05) is 0 Å². The summed E-state index contributed by atoms with van der Waals surface area (Å²) >= 11 is 0. The molecule has 1 aliphatic rings. The first-order chi connectivity index (χ1) is 7.33. The van der Waals surface area contributed by atoms with Gasteiger partial charge in [0.15, 0.2) is 0 Å². The minimum absolute atomic E-state index is 0.0868. The van der Waals surface area contributed by atoms with Crippen molar-refractivity contribution < 1.29 is 19.7 Å². The van der Waals surface area contributed by atoms with Crippen LogP contribution >= 0.6 is 0 Å². The molecular formula is C10H21NO4. The average Bonchev–Trinajstić information content (AvgIpc) is 2.71. The zero-order chi connectivity index (χ0) is 10.9. The van der Waals surface area contributed by atoms with Gasteiger partial charge in [-0.3, -0.25) is 0 Å². The van der Waals surface area contributed by atoms with Crippen molar-refractivity contribution >= 4 is 0 Å². The number of hydrogen-bond donors (Lipinski definition) is 3. The van der Waals surface area contributed by atoms with Crippen molar-refractivity contribution in [2.45, 2.75) is 25.0 Å². The molecule has 3 N–H and O–H groups in total. The molecule has 0 aromatic rings. The molecule has 0 aromatic heterocycles. The van der Waals surface area contributed by atoms with E-state index in [4.69, 9.17) is 14.6 Å². The van der Waals surface area contributed by atoms with Crippen LogP contribution in [-0.4, -0.2) is 61.9 Å². The smallest absolute Gasteiger partial charge is 0.0897 e. The molecule has 0 spiro atoms. The Bertz CT molecular complexity index is 150. The van der Waals surface area contributed by atoms with Crippen LogP contribution in [0.2, 0.25) is 0 Å². The van der Waals surface area contributed by atoms with Gasteiger partial charge in [0.1, 0.15) is 0 Å². The van der Waals surface area contributed by atoms with Crippen LogP contribution in [0.4, 0.5) is 0 Å². The van der Waals surface area contributed by atoms with Crippen molar-refractivity contribution in [1.82, 2.24) is 5.32 Å². The number of aliphatic hydroxyl groups excluding tert-OH is 2. The Hall–Kier alpha value is -0.200. The highest BCUT2D eigenvalue weighted by atomic mass is 16.5. The lowest BCUT2D eigenvalue weighted by atomic mass is 10.2. The largest absolute Gasteiger partial charge is 0.395 e. The Morgan fingerprint density at radius 1 is 1.53 bits per heavy atom. The van der Waals surface area contributed by atoms with Crippen LogP contribution < -0.4 is 5.32 Å². The summed E-state index contributed by atoms with van der Waals surface area (Å²) < 4.78 is 10.7. The van der Waals surface area contributed by atoms with Crippen molar-refractivity contribution in [3.63, 3.8) is 0 Å². The van der Waals surface area contributed by atoms with Crippen molar-refractivity contribution in [3.05, 3.63) is 0 Å². The molecule has 1 fully saturated rings. The molecule has 90 valence electrons. The third-order valence-corrected chi connectivity index (χ3v) is 2.31. The lowest BCUT2D eigenvalue weighted by molar-refractivity contribution is -0.0165. The first-order valence-corrected chi connectivity index (χ1v) is 5.52. The second-order valence-corrected chi connectivity index (χ2v) is 3.75. The fourth-order valence-corrected chi connectivity index (χ4v) is 1.52. The summed E-state index contributed by atoms with van der Waals surface area (Å²) in [6, 6.07) is 0. The fraction of sp³-hybridized carbons (Fsp3) is 1.00. The Morgan fingerprint density at radius 3 is 3.07 bits per heavy atom. The molecule has 0 aliphatic carbocycles. The first-order valence-electron chi connectivity index (χ1n) is 5.52. The highest BCUT2D eigenvalue weighted by Gasteiger charge is 2.15. The van der Waals surface area contributed by atoms with E-state index in [-0.39, 0.29) is 12.7 Å². The van der Waals surface area contributed by atoms with E-state index in [0.29, 0.717) is 26.3 Å². The molecule has 5 nitrogen and oxygen atoms in total. The standard InChI is InChI=1S/C10H21NO4/c12-4-3-11-6-9(13)7-14-8-10-2-1-5-15-10/h9-13H,1-8H2. The third-order valence-electron chi connectivity index (χ3n) is 2.31. The monoisotopic (exact) mass is 219 g/mol. The second kappa shape index (κ2) is 8.01. The molecule has 1 saturated heterocycles. The Labute approximate surface area is 90.4 Å². The normalized spacial score (nSPS) is 23.2. The molecule has 2 atom stereocenters. The van der Waals surface area contributed by atoms with Gasteiger partial charge in [-0.25, -0.2) is 0 Å². The van der Waals surface area contributed by atoms with Crippen LogP contribution in [0.15, 0.2) is 0 Å². The van der Waals surface area contributed by atoms with Gasteiger partial charge < -0.3 is 25.0 Å². The third kappa shape index (κ3) is 6.06. The summed E-state index contributed by atoms with van der Waals surface area (Å²) in [7, 11) is 0. The quantitative estimate of drug-likeness (QED) is 0.463. The molecule has 5 heteroatoms. The molecule has 0 radical (unpaired) electrons. The highest BCUT2D eigenvalue weighted by Crippen LogP contribution is 2.11. The van der Waals surface area contributed by atoms with Crippen LogP contribution in [0.5, 0.6) is 0 Å². The topological polar surface area (TPSA) is 71.0 Å². The summed E-state index contributed by atoms with van der Waals surface area (Å²) in [6.45, 7) is 2.75. The number of hydrogen-bond acceptors (Lipinski definition) is 5. The van der Waals surface area contributed by atoms with Gasteiger partial charge in [-0.15, -0.1) is 0 Å². The number of aliphatic hydroxyl groups is 2. The van der Waals surface area contributed by atoms with Crippen LogP contribution in [-0.2, 0) is 9.47 Å². The van der Waals surface area contributed by atoms with E-state index in [1.165, 1.54) is 0 Å². The summed E-state index contributed by atoms with van der Waals surface area (Å²) in [5.41, 5.74) is 0. The highest BCUT2D eigenvalue weighted by molar-refractivity contribution is 4.64. The zero-order valence-electron chi connectivity index (χ0n) is 9.02. The van der Waals surface area contributed by atoms with Gasteiger partial charge >= 0.3 is 0 Å². The molecule has 0 aromatic carbocycles. The van der Waals surface area contributed by atoms with Gasteiger partial charge in [0.25, 0.3) is 0 Å². The Morgan fingerprint density at radius 2 is 2.40 bits per heavy atom. The molecule has 15 heavy (non-hydrogen) atoms. The number of nitrogens with one attached hydrogen (secondary N) is 1. The first kappa shape index (κ1) is 12.9. The van der Waals surface area contributed by atoms with Crippen LogP contribution in [0.25, 0.3) is 0 Å². The average molecular weight is 219 g/mol. The van der Waals surface area contributed by atoms with Crippen molar-refractivity contribution in [2.75, 3.05) is 39.5 Å². The SMILES string of the molecule is OCCNCC(O)COCC1CCCO1. The maximum absolute atomic E-state index is 9.44. The van der Waals surface area contributed by atoms with Crippen LogP contribution in [0, 0.1) is 0 Å². The minimum Gasteiger partial charge on any atom is -0.395 e. The number of ether oxygens (including phenoxy) is 2. The summed E-state index contributed by atoms with van der Waals surface area (Å²) in [5, 5.41) is 20.8. The minimum atomic E-state index is -0.516. The van der Waals surface area contributed by atoms with Crippen molar-refractivity contribution in [3.8, 4) is 0 Å². The van der Waals surface area contributed by atoms with Crippen molar-refractivity contribution in [1.29, 1.82) is 0 Å². The predicted molar refractivity (Wildman–Crippen MR) is 55.8 cm³/mol. The summed E-state index contributed by atoms with van der Waals surface area (Å²) in [6.07, 6.45) is 1.86. The lowest BCUT2D eigenvalue weighted by Crippen LogP contribution is -2.32. The van der Waals surface area contributed by atoms with E-state index in [9.17, 15) is 5.11 Å². The molecule has 0 amide bonds. The lowest BCUT2D eigenvalue weighted by Gasteiger charge is -2.14. The van der Waals surface area contributed by atoms with E-state index >= 15 is 0 Å². The van der Waals surface area contributed by atoms with Gasteiger partial charge in [0.05, 0.1) is 32.0 Å². The Balaban J connectivity index is 1.89. The van der Waals surface area contributed by atoms with E-state index in [2.05, 4.69) is 5.32 Å². The predicted octanol–water partition coefficient (Wildman–Crippen LogP) is -0.875. The van der Waals surface area contributed by atoms with E-state index < -0.39 is 6.10 Å². The Kier molecular flexibility index (Phi) is 6.87. The molecule has 1 rings (SSSR count). The maximum Gasteiger partial charge on any atom is 0.0897 e. The molecule has 1 aliphatic heterocycles. The molecule has 0 bridgehead atoms. The van der Waals surface area contributed by atoms with Gasteiger partial charge in [-0.2, -0.15) is 0 Å². The van der Waals surface area contributed by atoms with E-state index in [0.717, 1.165) is 19.4 Å². The van der Waals surface area contributed by atoms with Crippen LogP contribution in [0.3, 0.4) is 0 Å². The molecule has 2 unspecified atom stereocenters. The van der Waals surface area contributed by atoms with Crippen molar-refractivity contribution in [2.24, 2.45) is 0 Å². The fourth-order valence-electron chi connectivity index (χ4n) is 1.52. The van der Waals surface area contributed by atoms with E-state index in [1.54, 1.807) is 0 Å². The summed E-state index contributed by atoms with van der Waals surface area (Å²) in [5.74, 6) is 0. The maximum atomic E-state index is 9.44. The van der Waals surface area contributed by atoms with Gasteiger partial charge in [0, 0.05) is 19.7 Å². The molecular weight excluding hydrogens is 198 g/mol. The zero-order valence-corrected chi connectivity index (χ0v) is 9.02. The number of rotatable bonds is 8. The van der Waals surface area contributed by atoms with E-state index in [1.807, 2.05) is 0 Å². The molecule has 1 heterocycles. The van der Waals surface area contributed by atoms with Gasteiger partial charge in [-0.05, 0) is 12.8 Å². The van der Waals surface area contributed by atoms with Gasteiger partial charge in [0.2, 0.25) is 0 Å². The second-order valence-electron chi connectivity index (χ2n) is 3.75. The van der Waals surface area contributed by atoms with Crippen LogP contribution in [0.1, 0.15) is 12.8 Å².